The second-order valence-corrected chi connectivity index (χ2v) is 1.97. The van der Waals surface area contributed by atoms with Gasteiger partial charge in [0.05, 0.1) is 13.0 Å². The molecular weight excluding hydrogens is 150 g/mol. The number of carbonyl (C=O) groups excluding carboxylic acids is 1. The molecule has 64 valence electrons. The lowest BCUT2D eigenvalue weighted by Crippen LogP contribution is -2.26. The molecule has 0 spiro atoms. The summed E-state index contributed by atoms with van der Waals surface area (Å²) in [6.07, 6.45) is -0.0587. The lowest BCUT2D eigenvalue weighted by Gasteiger charge is -1.99. The first kappa shape index (κ1) is 9.90. The number of hydrogen-bond donors (Lipinski definition) is 3. The Bertz CT molecular complexity index is 146. The molecule has 0 aromatic heterocycles. The van der Waals surface area contributed by atoms with Gasteiger partial charge in [-0.2, -0.15) is 0 Å². The Labute approximate surface area is 64.0 Å². The van der Waals surface area contributed by atoms with Crippen LogP contribution in [0.3, 0.4) is 0 Å². The molecule has 3 N–H and O–H groups in total. The number of amides is 1. The van der Waals surface area contributed by atoms with Crippen molar-refractivity contribution in [2.45, 2.75) is 12.8 Å². The summed E-state index contributed by atoms with van der Waals surface area (Å²) in [5, 5.41) is 18.8. The zero-order valence-corrected chi connectivity index (χ0v) is 6.04. The van der Waals surface area contributed by atoms with E-state index < -0.39 is 5.97 Å². The van der Waals surface area contributed by atoms with Crippen molar-refractivity contribution in [2.24, 2.45) is 0 Å². The quantitative estimate of drug-likeness (QED) is 0.480. The molecule has 0 aliphatic carbocycles. The molecule has 0 radical (unpaired) electrons. The molecule has 5 nitrogen and oxygen atoms in total. The summed E-state index contributed by atoms with van der Waals surface area (Å²) in [6.45, 7) is -0.0902. The van der Waals surface area contributed by atoms with E-state index in [1.165, 1.54) is 0 Å². The average molecular weight is 161 g/mol. The van der Waals surface area contributed by atoms with E-state index in [-0.39, 0.29) is 31.9 Å². The molecule has 0 atom stereocenters. The Balaban J connectivity index is 3.24. The Morgan fingerprint density at radius 2 is 1.91 bits per heavy atom. The van der Waals surface area contributed by atoms with Crippen LogP contribution in [0.1, 0.15) is 12.8 Å². The van der Waals surface area contributed by atoms with Crippen molar-refractivity contribution in [1.29, 1.82) is 0 Å². The topological polar surface area (TPSA) is 86.6 Å². The van der Waals surface area contributed by atoms with Crippen LogP contribution in [0.15, 0.2) is 0 Å². The standard InChI is InChI=1S/C6H11NO4/c8-4-2-5(9)7-3-1-6(10)11/h8H,1-4H2,(H,7,9)(H,10,11). The number of aliphatic hydroxyl groups is 1. The largest absolute Gasteiger partial charge is 0.481 e. The highest BCUT2D eigenvalue weighted by Crippen LogP contribution is 1.79. The molecule has 0 saturated carbocycles. The van der Waals surface area contributed by atoms with Gasteiger partial charge in [0.25, 0.3) is 0 Å². The highest BCUT2D eigenvalue weighted by molar-refractivity contribution is 5.76. The van der Waals surface area contributed by atoms with Crippen LogP contribution in [0.5, 0.6) is 0 Å². The molecule has 0 heterocycles. The fraction of sp³-hybridized carbons (Fsp3) is 0.667. The van der Waals surface area contributed by atoms with Crippen molar-refractivity contribution in [3.63, 3.8) is 0 Å². The number of carbonyl (C=O) groups is 2. The number of rotatable bonds is 5. The van der Waals surface area contributed by atoms with Crippen LogP contribution in [0.4, 0.5) is 0 Å². The Hall–Kier alpha value is -1.10. The van der Waals surface area contributed by atoms with Crippen LogP contribution >= 0.6 is 0 Å². The predicted molar refractivity (Wildman–Crippen MR) is 37.0 cm³/mol. The van der Waals surface area contributed by atoms with Crippen LogP contribution in [0.25, 0.3) is 0 Å². The Morgan fingerprint density at radius 1 is 1.27 bits per heavy atom. The molecule has 1 amide bonds. The first-order valence-electron chi connectivity index (χ1n) is 3.26. The predicted octanol–water partition coefficient (Wildman–Crippen LogP) is -1.04. The Morgan fingerprint density at radius 3 is 2.36 bits per heavy atom. The van der Waals surface area contributed by atoms with Crippen LogP contribution in [-0.4, -0.2) is 35.2 Å². The number of aliphatic hydroxyl groups excluding tert-OH is 1. The minimum Gasteiger partial charge on any atom is -0.481 e. The molecule has 0 rings (SSSR count). The van der Waals surface area contributed by atoms with Gasteiger partial charge in [-0.3, -0.25) is 9.59 Å². The SMILES string of the molecule is O=C(O)CCNC(=O)CCO. The van der Waals surface area contributed by atoms with E-state index in [1.54, 1.807) is 0 Å². The lowest BCUT2D eigenvalue weighted by molar-refractivity contribution is -0.136. The number of hydrogen-bond acceptors (Lipinski definition) is 3. The van der Waals surface area contributed by atoms with Gasteiger partial charge in [-0.15, -0.1) is 0 Å². The van der Waals surface area contributed by atoms with E-state index in [9.17, 15) is 9.59 Å². The molecule has 0 aromatic rings. The van der Waals surface area contributed by atoms with E-state index >= 15 is 0 Å². The van der Waals surface area contributed by atoms with E-state index in [0.29, 0.717) is 0 Å². The molecule has 0 aromatic carbocycles. The normalized spacial score (nSPS) is 9.18. The van der Waals surface area contributed by atoms with Crippen molar-refractivity contribution < 1.29 is 19.8 Å². The maximum atomic E-state index is 10.6. The smallest absolute Gasteiger partial charge is 0.305 e. The van der Waals surface area contributed by atoms with Crippen LogP contribution in [0.2, 0.25) is 0 Å². The number of nitrogens with one attached hydrogen (secondary N) is 1. The van der Waals surface area contributed by atoms with Crippen molar-refractivity contribution in [3.05, 3.63) is 0 Å². The number of carboxylic acids is 1. The van der Waals surface area contributed by atoms with Crippen molar-refractivity contribution in [2.75, 3.05) is 13.2 Å². The van der Waals surface area contributed by atoms with E-state index in [1.807, 2.05) is 0 Å². The van der Waals surface area contributed by atoms with Gasteiger partial charge < -0.3 is 15.5 Å². The molecule has 0 saturated heterocycles. The zero-order chi connectivity index (χ0) is 8.69. The second-order valence-electron chi connectivity index (χ2n) is 1.97. The third-order valence-corrected chi connectivity index (χ3v) is 1.000. The highest BCUT2D eigenvalue weighted by Gasteiger charge is 2.00. The Kier molecular flexibility index (Phi) is 5.10. The maximum absolute atomic E-state index is 10.6. The fourth-order valence-electron chi connectivity index (χ4n) is 0.499. The van der Waals surface area contributed by atoms with Crippen LogP contribution in [0, 0.1) is 0 Å². The number of carboxylic acid groups (broad SMARTS) is 1. The number of aliphatic carboxylic acids is 1. The van der Waals surface area contributed by atoms with Gasteiger partial charge in [-0.1, -0.05) is 0 Å². The van der Waals surface area contributed by atoms with Crippen LogP contribution in [-0.2, 0) is 9.59 Å². The van der Waals surface area contributed by atoms with E-state index in [0.717, 1.165) is 0 Å². The van der Waals surface area contributed by atoms with Crippen LogP contribution < -0.4 is 5.32 Å². The zero-order valence-electron chi connectivity index (χ0n) is 6.04. The third-order valence-electron chi connectivity index (χ3n) is 1.000. The summed E-state index contributed by atoms with van der Waals surface area (Å²) in [5.41, 5.74) is 0. The molecule has 0 bridgehead atoms. The highest BCUT2D eigenvalue weighted by atomic mass is 16.4. The fourth-order valence-corrected chi connectivity index (χ4v) is 0.499. The molecule has 0 unspecified atom stereocenters. The molecule has 0 aliphatic heterocycles. The van der Waals surface area contributed by atoms with Gasteiger partial charge in [-0.25, -0.2) is 0 Å². The van der Waals surface area contributed by atoms with Gasteiger partial charge in [0.1, 0.15) is 0 Å². The molecular formula is C6H11NO4. The van der Waals surface area contributed by atoms with E-state index in [4.69, 9.17) is 10.2 Å². The lowest BCUT2D eigenvalue weighted by atomic mass is 10.4. The second kappa shape index (κ2) is 5.67. The molecule has 0 aliphatic rings. The summed E-state index contributed by atoms with van der Waals surface area (Å²) >= 11 is 0. The monoisotopic (exact) mass is 161 g/mol. The summed E-state index contributed by atoms with van der Waals surface area (Å²) in [4.78, 5) is 20.5. The molecule has 0 fully saturated rings. The maximum Gasteiger partial charge on any atom is 0.305 e. The van der Waals surface area contributed by atoms with Crippen molar-refractivity contribution >= 4 is 11.9 Å². The van der Waals surface area contributed by atoms with Crippen molar-refractivity contribution in [1.82, 2.24) is 5.32 Å². The summed E-state index contributed by atoms with van der Waals surface area (Å²) < 4.78 is 0. The van der Waals surface area contributed by atoms with Gasteiger partial charge in [-0.05, 0) is 0 Å². The molecule has 11 heavy (non-hydrogen) atoms. The summed E-state index contributed by atoms with van der Waals surface area (Å²) in [5.74, 6) is -1.27. The van der Waals surface area contributed by atoms with Crippen molar-refractivity contribution in [3.8, 4) is 0 Å². The summed E-state index contributed by atoms with van der Waals surface area (Å²) in [7, 11) is 0. The minimum atomic E-state index is -0.950. The van der Waals surface area contributed by atoms with Gasteiger partial charge >= 0.3 is 5.97 Å². The van der Waals surface area contributed by atoms with E-state index in [2.05, 4.69) is 5.32 Å². The molecule has 5 heteroatoms. The first-order valence-corrected chi connectivity index (χ1v) is 3.26. The van der Waals surface area contributed by atoms with Gasteiger partial charge in [0, 0.05) is 13.0 Å². The third kappa shape index (κ3) is 6.79. The van der Waals surface area contributed by atoms with Gasteiger partial charge in [0.15, 0.2) is 0 Å². The minimum absolute atomic E-state index is 0.0274. The average Bonchev–Trinajstić information content (AvgIpc) is 1.87. The summed E-state index contributed by atoms with van der Waals surface area (Å²) in [6, 6.07) is 0. The first-order chi connectivity index (χ1) is 5.16. The van der Waals surface area contributed by atoms with Gasteiger partial charge in [0.2, 0.25) is 5.91 Å².